The molecule has 0 saturated carbocycles. The summed E-state index contributed by atoms with van der Waals surface area (Å²) in [5.74, 6) is -1.69. The Morgan fingerprint density at radius 3 is 2.03 bits per heavy atom. The zero-order valence-corrected chi connectivity index (χ0v) is 21.9. The number of carbonyl (C=O) groups is 1. The van der Waals surface area contributed by atoms with E-state index in [1.165, 1.54) is 4.90 Å². The Morgan fingerprint density at radius 2 is 1.56 bits per heavy atom. The molecule has 10 heteroatoms. The summed E-state index contributed by atoms with van der Waals surface area (Å²) in [6.07, 6.45) is -0.661. The fraction of sp³-hybridized carbons (Fsp3) is 0.682. The average molecular weight is 469 g/mol. The lowest BCUT2D eigenvalue weighted by molar-refractivity contribution is 0.00578. The van der Waals surface area contributed by atoms with Crippen LogP contribution in [0.15, 0.2) is 12.1 Å². The van der Waals surface area contributed by atoms with Crippen LogP contribution in [0.2, 0.25) is 5.04 Å². The van der Waals surface area contributed by atoms with Gasteiger partial charge in [0.2, 0.25) is 0 Å². The average Bonchev–Trinajstić information content (AvgIpc) is 3.09. The van der Waals surface area contributed by atoms with Gasteiger partial charge in [-0.05, 0) is 58.7 Å². The predicted molar refractivity (Wildman–Crippen MR) is 123 cm³/mol. The Hall–Kier alpha value is -1.49. The first-order valence-corrected chi connectivity index (χ1v) is 12.2. The topological polar surface area (TPSA) is 57.2 Å². The molecule has 2 saturated heterocycles. The molecule has 2 fully saturated rings. The number of cyclic esters (lactones) is 1. The maximum atomic E-state index is 15.2. The molecule has 178 valence electrons. The molecule has 2 aliphatic rings. The van der Waals surface area contributed by atoms with E-state index in [1.807, 2.05) is 41.5 Å². The first kappa shape index (κ1) is 25.1. The lowest BCUT2D eigenvalue weighted by Crippen LogP contribution is -2.51. The molecule has 0 aliphatic carbocycles. The quantitative estimate of drug-likeness (QED) is 0.616. The summed E-state index contributed by atoms with van der Waals surface area (Å²) >= 11 is 0. The van der Waals surface area contributed by atoms with Gasteiger partial charge in [0.25, 0.3) is 0 Å². The van der Waals surface area contributed by atoms with E-state index >= 15 is 8.78 Å². The molecular formula is C22H34BF2NO5Si. The van der Waals surface area contributed by atoms with E-state index in [0.29, 0.717) is 0 Å². The third-order valence-corrected chi connectivity index (χ3v) is 8.14. The highest BCUT2D eigenvalue weighted by Gasteiger charge is 2.53. The molecule has 2 heterocycles. The Kier molecular flexibility index (Phi) is 6.34. The van der Waals surface area contributed by atoms with Crippen molar-refractivity contribution in [2.24, 2.45) is 0 Å². The van der Waals surface area contributed by atoms with Crippen LogP contribution in [0.5, 0.6) is 0 Å². The zero-order chi connectivity index (χ0) is 24.3. The van der Waals surface area contributed by atoms with Gasteiger partial charge in [0.1, 0.15) is 24.3 Å². The number of benzene rings is 1. The first-order chi connectivity index (χ1) is 14.5. The largest absolute Gasteiger partial charge is 0.500 e. The van der Waals surface area contributed by atoms with Gasteiger partial charge in [0.05, 0.1) is 28.0 Å². The highest BCUT2D eigenvalue weighted by molar-refractivity contribution is 6.62. The van der Waals surface area contributed by atoms with Gasteiger partial charge in [-0.2, -0.15) is 0 Å². The molecule has 0 bridgehead atoms. The molecule has 1 amide bonds. The van der Waals surface area contributed by atoms with Crippen molar-refractivity contribution >= 4 is 34.1 Å². The van der Waals surface area contributed by atoms with E-state index in [1.54, 1.807) is 0 Å². The van der Waals surface area contributed by atoms with Crippen molar-refractivity contribution in [2.45, 2.75) is 90.2 Å². The number of amides is 1. The maximum absolute atomic E-state index is 15.2. The number of hydrogen-bond donors (Lipinski definition) is 0. The van der Waals surface area contributed by atoms with Gasteiger partial charge < -0.3 is 18.5 Å². The second kappa shape index (κ2) is 8.07. The summed E-state index contributed by atoms with van der Waals surface area (Å²) in [7, 11) is -2.12. The Balaban J connectivity index is 1.91. The molecule has 0 aromatic heterocycles. The third kappa shape index (κ3) is 4.73. The van der Waals surface area contributed by atoms with Gasteiger partial charge in [-0.1, -0.05) is 20.8 Å². The molecule has 1 aromatic carbocycles. The number of nitrogens with zero attached hydrogens (tertiary/aromatic N) is 1. The molecule has 0 unspecified atom stereocenters. The first-order valence-electron chi connectivity index (χ1n) is 10.9. The fourth-order valence-corrected chi connectivity index (χ4v) is 4.61. The second-order valence-electron chi connectivity index (χ2n) is 11.3. The van der Waals surface area contributed by atoms with E-state index in [-0.39, 0.29) is 22.8 Å². The van der Waals surface area contributed by atoms with Crippen molar-refractivity contribution in [3.8, 4) is 0 Å². The minimum absolute atomic E-state index is 0.0499. The van der Waals surface area contributed by atoms with Crippen molar-refractivity contribution in [3.63, 3.8) is 0 Å². The second-order valence-corrected chi connectivity index (χ2v) is 14.0. The zero-order valence-electron chi connectivity index (χ0n) is 20.5. The number of hydrogen-bond acceptors (Lipinski definition) is 5. The number of rotatable bonds is 5. The van der Waals surface area contributed by atoms with Gasteiger partial charge in [0, 0.05) is 0 Å². The predicted octanol–water partition coefficient (Wildman–Crippen LogP) is 3.69. The Morgan fingerprint density at radius 1 is 1.06 bits per heavy atom. The van der Waals surface area contributed by atoms with E-state index in [0.717, 1.165) is 12.1 Å². The number of carbonyl (C=O) groups excluding carboxylic acids is 1. The van der Waals surface area contributed by atoms with Crippen LogP contribution in [0.4, 0.5) is 19.3 Å². The molecule has 1 atom stereocenters. The van der Waals surface area contributed by atoms with Crippen LogP contribution in [0.3, 0.4) is 0 Å². The van der Waals surface area contributed by atoms with E-state index in [4.69, 9.17) is 18.5 Å². The highest BCUT2D eigenvalue weighted by Crippen LogP contribution is 2.38. The Bertz CT molecular complexity index is 864. The maximum Gasteiger partial charge on any atom is 0.500 e. The lowest BCUT2D eigenvalue weighted by Gasteiger charge is -2.37. The van der Waals surface area contributed by atoms with E-state index in [2.05, 4.69) is 20.8 Å². The number of ether oxygens (including phenoxy) is 1. The van der Waals surface area contributed by atoms with Crippen LogP contribution in [-0.4, -0.2) is 52.4 Å². The molecule has 32 heavy (non-hydrogen) atoms. The van der Waals surface area contributed by atoms with Gasteiger partial charge in [-0.15, -0.1) is 0 Å². The smallest absolute Gasteiger partial charge is 0.447 e. The summed E-state index contributed by atoms with van der Waals surface area (Å²) in [5.41, 5.74) is -2.47. The molecule has 0 spiro atoms. The van der Waals surface area contributed by atoms with Crippen LogP contribution < -0.4 is 10.4 Å². The standard InChI is InChI=1S/C22H34BF2NO5Si/c1-19(2,3)32-31-20(4,5)16-12-28-18(27)26(16)13-10-14(24)17(15(25)11-13)23-29-21(6,7)22(8,9)30-23/h10-11,16H,12,32H2,1-9H3/t16-/m1/s1. The summed E-state index contributed by atoms with van der Waals surface area (Å²) in [6.45, 7) is 17.4. The molecule has 6 nitrogen and oxygen atoms in total. The van der Waals surface area contributed by atoms with Crippen molar-refractivity contribution in [3.05, 3.63) is 23.8 Å². The molecule has 0 radical (unpaired) electrons. The Labute approximate surface area is 192 Å². The monoisotopic (exact) mass is 469 g/mol. The molecule has 0 N–H and O–H groups in total. The van der Waals surface area contributed by atoms with Crippen molar-refractivity contribution in [1.82, 2.24) is 0 Å². The summed E-state index contributed by atoms with van der Waals surface area (Å²) in [5, 5.41) is 0.0499. The van der Waals surface area contributed by atoms with E-state index < -0.39 is 57.5 Å². The van der Waals surface area contributed by atoms with Gasteiger partial charge >= 0.3 is 13.2 Å². The van der Waals surface area contributed by atoms with Gasteiger partial charge in [-0.3, -0.25) is 4.90 Å². The number of anilines is 1. The van der Waals surface area contributed by atoms with Crippen LogP contribution in [0.25, 0.3) is 0 Å². The van der Waals surface area contributed by atoms with Crippen LogP contribution >= 0.6 is 0 Å². The fourth-order valence-electron chi connectivity index (χ4n) is 3.61. The van der Waals surface area contributed by atoms with Gasteiger partial charge in [-0.25, -0.2) is 13.6 Å². The molecule has 3 rings (SSSR count). The van der Waals surface area contributed by atoms with Crippen LogP contribution in [0.1, 0.15) is 62.3 Å². The molecular weight excluding hydrogens is 435 g/mol. The normalized spacial score (nSPS) is 23.5. The van der Waals surface area contributed by atoms with Gasteiger partial charge in [0.15, 0.2) is 9.76 Å². The molecule has 1 aromatic rings. The lowest BCUT2D eigenvalue weighted by atomic mass is 9.78. The SMILES string of the molecule is CC(C)(C)[SiH2]OC(C)(C)[C@H]1COC(=O)N1c1cc(F)c(B2OC(C)(C)C(C)(C)O2)c(F)c1. The summed E-state index contributed by atoms with van der Waals surface area (Å²) in [6, 6.07) is 1.73. The summed E-state index contributed by atoms with van der Waals surface area (Å²) in [4.78, 5) is 13.8. The number of halogens is 2. The van der Waals surface area contributed by atoms with Crippen LogP contribution in [-0.2, 0) is 18.5 Å². The third-order valence-electron chi connectivity index (χ3n) is 6.38. The summed E-state index contributed by atoms with van der Waals surface area (Å²) < 4.78 is 53.4. The highest BCUT2D eigenvalue weighted by atomic mass is 28.2. The van der Waals surface area contributed by atoms with Crippen molar-refractivity contribution in [1.29, 1.82) is 0 Å². The van der Waals surface area contributed by atoms with Crippen molar-refractivity contribution < 1.29 is 32.0 Å². The molecule has 2 aliphatic heterocycles. The minimum atomic E-state index is -1.19. The van der Waals surface area contributed by atoms with Crippen LogP contribution in [0, 0.1) is 11.6 Å². The van der Waals surface area contributed by atoms with Crippen molar-refractivity contribution in [2.75, 3.05) is 11.5 Å². The van der Waals surface area contributed by atoms with E-state index in [9.17, 15) is 4.79 Å². The minimum Gasteiger partial charge on any atom is -0.447 e.